The number of benzene rings is 1. The molecule has 1 saturated heterocycles. The summed E-state index contributed by atoms with van der Waals surface area (Å²) in [5.74, 6) is 1.17. The highest BCUT2D eigenvalue weighted by molar-refractivity contribution is 5.92. The van der Waals surface area contributed by atoms with Crippen LogP contribution in [0.3, 0.4) is 0 Å². The highest BCUT2D eigenvalue weighted by Gasteiger charge is 2.29. The van der Waals surface area contributed by atoms with E-state index in [9.17, 15) is 4.39 Å². The van der Waals surface area contributed by atoms with E-state index in [0.717, 1.165) is 49.3 Å². The fraction of sp³-hybridized carbons (Fsp3) is 0.360. The molecule has 0 spiro atoms. The SMILES string of the molecule is Fc1ccc(N2CCC(Cc3c(C4CC4)ccn4cncc34)CC2)c2cccnc12. The number of pyridine rings is 2. The molecule has 30 heavy (non-hydrogen) atoms. The van der Waals surface area contributed by atoms with Crippen molar-refractivity contribution in [2.45, 2.75) is 38.0 Å². The van der Waals surface area contributed by atoms with Gasteiger partial charge in [-0.1, -0.05) is 0 Å². The maximum absolute atomic E-state index is 14.2. The number of halogens is 1. The van der Waals surface area contributed by atoms with Gasteiger partial charge in [0.15, 0.2) is 0 Å². The molecular weight excluding hydrogens is 375 g/mol. The Bertz CT molecular complexity index is 1220. The zero-order valence-corrected chi connectivity index (χ0v) is 17.0. The summed E-state index contributed by atoms with van der Waals surface area (Å²) in [7, 11) is 0. The molecule has 0 N–H and O–H groups in total. The predicted molar refractivity (Wildman–Crippen MR) is 118 cm³/mol. The molecule has 152 valence electrons. The van der Waals surface area contributed by atoms with E-state index in [-0.39, 0.29) is 5.82 Å². The van der Waals surface area contributed by atoms with Gasteiger partial charge in [0.1, 0.15) is 11.3 Å². The minimum Gasteiger partial charge on any atom is -0.371 e. The van der Waals surface area contributed by atoms with E-state index in [1.54, 1.807) is 17.8 Å². The predicted octanol–water partition coefficient (Wildman–Crippen LogP) is 5.36. The van der Waals surface area contributed by atoms with Crippen molar-refractivity contribution >= 4 is 22.1 Å². The third-order valence-electron chi connectivity index (χ3n) is 6.90. The Morgan fingerprint density at radius 2 is 1.90 bits per heavy atom. The highest BCUT2D eigenvalue weighted by Crippen LogP contribution is 2.43. The van der Waals surface area contributed by atoms with Gasteiger partial charge in [-0.2, -0.15) is 0 Å². The van der Waals surface area contributed by atoms with E-state index in [2.05, 4.69) is 31.5 Å². The number of imidazole rings is 1. The van der Waals surface area contributed by atoms with E-state index in [1.165, 1.54) is 23.9 Å². The first-order valence-corrected chi connectivity index (χ1v) is 11.0. The summed E-state index contributed by atoms with van der Waals surface area (Å²) in [6, 6.07) is 9.66. The largest absolute Gasteiger partial charge is 0.371 e. The second-order valence-corrected chi connectivity index (χ2v) is 8.81. The van der Waals surface area contributed by atoms with Crippen LogP contribution in [-0.4, -0.2) is 27.5 Å². The van der Waals surface area contributed by atoms with Crippen LogP contribution in [0.2, 0.25) is 0 Å². The third-order valence-corrected chi connectivity index (χ3v) is 6.90. The van der Waals surface area contributed by atoms with Crippen LogP contribution in [0.1, 0.15) is 42.7 Å². The van der Waals surface area contributed by atoms with Crippen LogP contribution in [0.25, 0.3) is 16.4 Å². The van der Waals surface area contributed by atoms with Gasteiger partial charge in [-0.25, -0.2) is 9.37 Å². The Morgan fingerprint density at radius 1 is 1.03 bits per heavy atom. The van der Waals surface area contributed by atoms with Crippen LogP contribution >= 0.6 is 0 Å². The number of nitrogens with zero attached hydrogens (tertiary/aromatic N) is 4. The molecule has 2 aliphatic rings. The smallest absolute Gasteiger partial charge is 0.149 e. The molecule has 5 heteroatoms. The van der Waals surface area contributed by atoms with E-state index in [4.69, 9.17) is 0 Å². The summed E-state index contributed by atoms with van der Waals surface area (Å²) in [6.45, 7) is 2.00. The first-order valence-electron chi connectivity index (χ1n) is 11.0. The first-order chi connectivity index (χ1) is 14.8. The Morgan fingerprint density at radius 3 is 2.73 bits per heavy atom. The lowest BCUT2D eigenvalue weighted by Gasteiger charge is -2.34. The molecule has 1 aromatic carbocycles. The minimum atomic E-state index is -0.245. The molecule has 2 fully saturated rings. The molecule has 1 saturated carbocycles. The van der Waals surface area contributed by atoms with E-state index >= 15 is 0 Å². The zero-order chi connectivity index (χ0) is 20.1. The number of piperidine rings is 1. The maximum atomic E-state index is 14.2. The molecule has 0 amide bonds. The third kappa shape index (κ3) is 3.04. The quantitative estimate of drug-likeness (QED) is 0.462. The molecule has 6 rings (SSSR count). The van der Waals surface area contributed by atoms with Gasteiger partial charge in [0, 0.05) is 36.6 Å². The molecule has 0 atom stereocenters. The van der Waals surface area contributed by atoms with Crippen molar-refractivity contribution in [3.05, 3.63) is 72.2 Å². The fourth-order valence-corrected chi connectivity index (χ4v) is 5.13. The topological polar surface area (TPSA) is 33.4 Å². The lowest BCUT2D eigenvalue weighted by atomic mass is 9.87. The molecule has 0 unspecified atom stereocenters. The van der Waals surface area contributed by atoms with Crippen molar-refractivity contribution in [3.63, 3.8) is 0 Å². The Labute approximate surface area is 175 Å². The van der Waals surface area contributed by atoms with E-state index < -0.39 is 0 Å². The molecule has 4 heterocycles. The number of fused-ring (bicyclic) bond motifs is 2. The summed E-state index contributed by atoms with van der Waals surface area (Å²) in [6.07, 6.45) is 13.8. The Hall–Kier alpha value is -2.95. The number of anilines is 1. The second kappa shape index (κ2) is 7.08. The van der Waals surface area contributed by atoms with Crippen LogP contribution in [0, 0.1) is 11.7 Å². The minimum absolute atomic E-state index is 0.245. The van der Waals surface area contributed by atoms with Gasteiger partial charge < -0.3 is 9.30 Å². The lowest BCUT2D eigenvalue weighted by molar-refractivity contribution is 0.404. The number of rotatable bonds is 4. The van der Waals surface area contributed by atoms with Gasteiger partial charge in [0.2, 0.25) is 0 Å². The van der Waals surface area contributed by atoms with Gasteiger partial charge >= 0.3 is 0 Å². The average Bonchev–Trinajstić information content (AvgIpc) is 3.51. The van der Waals surface area contributed by atoms with Crippen LogP contribution in [0.4, 0.5) is 10.1 Å². The molecule has 1 aliphatic heterocycles. The van der Waals surface area contributed by atoms with Gasteiger partial charge in [-0.15, -0.1) is 0 Å². The fourth-order valence-electron chi connectivity index (χ4n) is 5.13. The number of hydrogen-bond acceptors (Lipinski definition) is 3. The highest BCUT2D eigenvalue weighted by atomic mass is 19.1. The average molecular weight is 401 g/mol. The van der Waals surface area contributed by atoms with Crippen molar-refractivity contribution in [2.24, 2.45) is 5.92 Å². The van der Waals surface area contributed by atoms with Crippen molar-refractivity contribution in [1.82, 2.24) is 14.4 Å². The van der Waals surface area contributed by atoms with E-state index in [1.807, 2.05) is 30.7 Å². The van der Waals surface area contributed by atoms with Gasteiger partial charge in [0.05, 0.1) is 18.0 Å². The molecule has 3 aromatic heterocycles. The Balaban J connectivity index is 1.23. The zero-order valence-electron chi connectivity index (χ0n) is 17.0. The van der Waals surface area contributed by atoms with Crippen LogP contribution in [0.5, 0.6) is 0 Å². The van der Waals surface area contributed by atoms with E-state index in [0.29, 0.717) is 11.4 Å². The van der Waals surface area contributed by atoms with Crippen LogP contribution in [0.15, 0.2) is 55.2 Å². The summed E-state index contributed by atoms with van der Waals surface area (Å²) in [4.78, 5) is 11.0. The lowest BCUT2D eigenvalue weighted by Crippen LogP contribution is -2.34. The number of aromatic nitrogens is 3. The second-order valence-electron chi connectivity index (χ2n) is 8.81. The summed E-state index contributed by atoms with van der Waals surface area (Å²) >= 11 is 0. The summed E-state index contributed by atoms with van der Waals surface area (Å²) in [5.41, 5.74) is 5.90. The normalized spacial score (nSPS) is 17.8. The van der Waals surface area contributed by atoms with Crippen molar-refractivity contribution < 1.29 is 4.39 Å². The molecule has 0 radical (unpaired) electrons. The van der Waals surface area contributed by atoms with Crippen molar-refractivity contribution in [2.75, 3.05) is 18.0 Å². The summed E-state index contributed by atoms with van der Waals surface area (Å²) < 4.78 is 16.3. The standard InChI is InChI=1S/C25H25FN4/c26-22-5-6-23(20-2-1-10-28-25(20)22)29-11-7-17(8-12-29)14-21-19(18-3-4-18)9-13-30-16-27-15-24(21)30/h1-2,5-6,9-10,13,15-18H,3-4,7-8,11-12,14H2. The van der Waals surface area contributed by atoms with Gasteiger partial charge in [0.25, 0.3) is 0 Å². The molecule has 4 nitrogen and oxygen atoms in total. The van der Waals surface area contributed by atoms with Gasteiger partial charge in [-0.3, -0.25) is 4.98 Å². The molecular formula is C25H25FN4. The number of hydrogen-bond donors (Lipinski definition) is 0. The molecule has 1 aliphatic carbocycles. The monoisotopic (exact) mass is 400 g/mol. The van der Waals surface area contributed by atoms with Crippen molar-refractivity contribution in [1.29, 1.82) is 0 Å². The summed E-state index contributed by atoms with van der Waals surface area (Å²) in [5, 5.41) is 0.913. The van der Waals surface area contributed by atoms with Gasteiger partial charge in [-0.05, 0) is 85.4 Å². The van der Waals surface area contributed by atoms with Crippen molar-refractivity contribution in [3.8, 4) is 0 Å². The Kier molecular flexibility index (Phi) is 4.22. The first kappa shape index (κ1) is 17.9. The van der Waals surface area contributed by atoms with Crippen LogP contribution in [-0.2, 0) is 6.42 Å². The van der Waals surface area contributed by atoms with Crippen LogP contribution < -0.4 is 4.90 Å². The maximum Gasteiger partial charge on any atom is 0.149 e. The molecule has 4 aromatic rings. The molecule has 0 bridgehead atoms.